The average Bonchev–Trinajstić information content (AvgIpc) is 2.40. The molecule has 110 valence electrons. The first-order valence-corrected chi connectivity index (χ1v) is 7.37. The molecule has 1 amide bonds. The Balaban J connectivity index is 2.07. The highest BCUT2D eigenvalue weighted by Gasteiger charge is 2.31. The molecule has 5 heteroatoms. The van der Waals surface area contributed by atoms with Gasteiger partial charge in [-0.3, -0.25) is 4.79 Å². The number of aromatic nitrogens is 1. The van der Waals surface area contributed by atoms with Crippen LogP contribution in [0.2, 0.25) is 5.15 Å². The number of hydrogen-bond acceptors (Lipinski definition) is 3. The highest BCUT2D eigenvalue weighted by atomic mass is 35.5. The number of carbonyl (C=O) groups excluding carboxylic acids is 1. The summed E-state index contributed by atoms with van der Waals surface area (Å²) < 4.78 is 0. The smallest absolute Gasteiger partial charge is 0.256 e. The Bertz CT molecular complexity index is 502. The molecule has 1 aromatic heterocycles. The van der Waals surface area contributed by atoms with Gasteiger partial charge in [-0.2, -0.15) is 0 Å². The van der Waals surface area contributed by atoms with Gasteiger partial charge in [-0.25, -0.2) is 4.98 Å². The maximum atomic E-state index is 12.5. The zero-order chi connectivity index (χ0) is 14.9. The van der Waals surface area contributed by atoms with E-state index in [1.54, 1.807) is 6.07 Å². The first-order chi connectivity index (χ1) is 9.29. The third kappa shape index (κ3) is 3.23. The SMILES string of the molecule is CC(C)(C)C1CCN(C(=O)c2cc(Cl)ncc2N)CC1. The van der Waals surface area contributed by atoms with Gasteiger partial charge in [-0.15, -0.1) is 0 Å². The molecule has 1 fully saturated rings. The van der Waals surface area contributed by atoms with E-state index in [2.05, 4.69) is 25.8 Å². The van der Waals surface area contributed by atoms with Gasteiger partial charge in [0.1, 0.15) is 5.15 Å². The zero-order valence-corrected chi connectivity index (χ0v) is 13.1. The van der Waals surface area contributed by atoms with Gasteiger partial charge in [0.05, 0.1) is 17.4 Å². The van der Waals surface area contributed by atoms with Gasteiger partial charge in [0.25, 0.3) is 5.91 Å². The number of nitrogens with two attached hydrogens (primary N) is 1. The standard InChI is InChI=1S/C15H22ClN3O/c1-15(2,3)10-4-6-19(7-5-10)14(20)11-8-13(16)18-9-12(11)17/h8-10H,4-7,17H2,1-3H3. The number of piperidine rings is 1. The number of halogens is 1. The number of nitrogen functional groups attached to an aromatic ring is 1. The summed E-state index contributed by atoms with van der Waals surface area (Å²) in [7, 11) is 0. The summed E-state index contributed by atoms with van der Waals surface area (Å²) in [6, 6.07) is 1.55. The molecule has 0 radical (unpaired) electrons. The number of anilines is 1. The van der Waals surface area contributed by atoms with Gasteiger partial charge >= 0.3 is 0 Å². The minimum Gasteiger partial charge on any atom is -0.397 e. The Kier molecular flexibility index (Phi) is 4.23. The molecule has 2 N–H and O–H groups in total. The molecule has 0 bridgehead atoms. The van der Waals surface area contributed by atoms with Crippen molar-refractivity contribution in [2.75, 3.05) is 18.8 Å². The third-order valence-electron chi connectivity index (χ3n) is 4.14. The summed E-state index contributed by atoms with van der Waals surface area (Å²) in [6.45, 7) is 8.33. The predicted molar refractivity (Wildman–Crippen MR) is 81.7 cm³/mol. The number of pyridine rings is 1. The molecule has 1 saturated heterocycles. The van der Waals surface area contributed by atoms with E-state index in [1.807, 2.05) is 4.90 Å². The van der Waals surface area contributed by atoms with Crippen LogP contribution in [0, 0.1) is 11.3 Å². The molecule has 2 heterocycles. The monoisotopic (exact) mass is 295 g/mol. The van der Waals surface area contributed by atoms with Gasteiger partial charge in [0.2, 0.25) is 0 Å². The Hall–Kier alpha value is -1.29. The molecule has 0 atom stereocenters. The summed E-state index contributed by atoms with van der Waals surface area (Å²) >= 11 is 5.85. The van der Waals surface area contributed by atoms with E-state index in [0.717, 1.165) is 25.9 Å². The molecule has 0 aromatic carbocycles. The molecule has 0 unspecified atom stereocenters. The van der Waals surface area contributed by atoms with Crippen LogP contribution in [-0.2, 0) is 0 Å². The number of hydrogen-bond donors (Lipinski definition) is 1. The van der Waals surface area contributed by atoms with Crippen molar-refractivity contribution in [3.05, 3.63) is 23.0 Å². The van der Waals surface area contributed by atoms with Crippen LogP contribution in [0.5, 0.6) is 0 Å². The second kappa shape index (κ2) is 5.60. The molecule has 0 saturated carbocycles. The molecule has 0 aliphatic carbocycles. The van der Waals surface area contributed by atoms with Crippen LogP contribution >= 0.6 is 11.6 Å². The lowest BCUT2D eigenvalue weighted by Crippen LogP contribution is -2.41. The quantitative estimate of drug-likeness (QED) is 0.809. The average molecular weight is 296 g/mol. The van der Waals surface area contributed by atoms with E-state index in [1.165, 1.54) is 6.20 Å². The first kappa shape index (κ1) is 15.1. The molecular weight excluding hydrogens is 274 g/mol. The number of carbonyl (C=O) groups is 1. The van der Waals surface area contributed by atoms with Crippen LogP contribution in [0.25, 0.3) is 0 Å². The molecular formula is C15H22ClN3O. The zero-order valence-electron chi connectivity index (χ0n) is 12.3. The number of nitrogens with zero attached hydrogens (tertiary/aromatic N) is 2. The summed E-state index contributed by atoms with van der Waals surface area (Å²) in [5.74, 6) is 0.615. The largest absolute Gasteiger partial charge is 0.397 e. The molecule has 4 nitrogen and oxygen atoms in total. The fourth-order valence-electron chi connectivity index (χ4n) is 2.74. The van der Waals surface area contributed by atoms with Crippen molar-refractivity contribution in [1.82, 2.24) is 9.88 Å². The molecule has 1 aromatic rings. The van der Waals surface area contributed by atoms with Crippen molar-refractivity contribution in [1.29, 1.82) is 0 Å². The maximum absolute atomic E-state index is 12.5. The van der Waals surface area contributed by atoms with Crippen molar-refractivity contribution < 1.29 is 4.79 Å². The predicted octanol–water partition coefficient (Wildman–Crippen LogP) is 3.22. The molecule has 20 heavy (non-hydrogen) atoms. The van der Waals surface area contributed by atoms with Gasteiger partial charge in [-0.05, 0) is 30.2 Å². The fourth-order valence-corrected chi connectivity index (χ4v) is 2.90. The highest BCUT2D eigenvalue weighted by molar-refractivity contribution is 6.29. The van der Waals surface area contributed by atoms with Gasteiger partial charge < -0.3 is 10.6 Å². The maximum Gasteiger partial charge on any atom is 0.256 e. The molecule has 0 spiro atoms. The lowest BCUT2D eigenvalue weighted by molar-refractivity contribution is 0.0609. The van der Waals surface area contributed by atoms with Crippen LogP contribution in [0.3, 0.4) is 0 Å². The summed E-state index contributed by atoms with van der Waals surface area (Å²) in [5, 5.41) is 0.298. The van der Waals surface area contributed by atoms with Crippen LogP contribution in [0.15, 0.2) is 12.3 Å². The van der Waals surface area contributed by atoms with Crippen LogP contribution in [0.1, 0.15) is 44.0 Å². The second-order valence-corrected chi connectivity index (χ2v) is 6.91. The van der Waals surface area contributed by atoms with Crippen molar-refractivity contribution in [3.63, 3.8) is 0 Å². The lowest BCUT2D eigenvalue weighted by atomic mass is 9.75. The Morgan fingerprint density at radius 3 is 2.55 bits per heavy atom. The minimum absolute atomic E-state index is 0.0424. The minimum atomic E-state index is -0.0424. The van der Waals surface area contributed by atoms with Gasteiger partial charge in [0, 0.05) is 13.1 Å². The van der Waals surface area contributed by atoms with Crippen LogP contribution in [0.4, 0.5) is 5.69 Å². The normalized spacial score (nSPS) is 17.3. The fraction of sp³-hybridized carbons (Fsp3) is 0.600. The summed E-state index contributed by atoms with van der Waals surface area (Å²) in [5.41, 5.74) is 6.97. The lowest BCUT2D eigenvalue weighted by Gasteiger charge is -2.38. The van der Waals surface area contributed by atoms with Crippen LogP contribution < -0.4 is 5.73 Å². The van der Waals surface area contributed by atoms with E-state index >= 15 is 0 Å². The second-order valence-electron chi connectivity index (χ2n) is 6.53. The van der Waals surface area contributed by atoms with Crippen molar-refractivity contribution in [2.45, 2.75) is 33.6 Å². The van der Waals surface area contributed by atoms with Crippen molar-refractivity contribution in [2.24, 2.45) is 11.3 Å². The van der Waals surface area contributed by atoms with Crippen molar-refractivity contribution in [3.8, 4) is 0 Å². The molecule has 1 aliphatic heterocycles. The first-order valence-electron chi connectivity index (χ1n) is 6.99. The van der Waals surface area contributed by atoms with E-state index in [4.69, 9.17) is 17.3 Å². The Labute approximate surface area is 125 Å². The highest BCUT2D eigenvalue weighted by Crippen LogP contribution is 2.34. The number of amides is 1. The summed E-state index contributed by atoms with van der Waals surface area (Å²) in [6.07, 6.45) is 3.51. The van der Waals surface area contributed by atoms with E-state index in [9.17, 15) is 4.79 Å². The summed E-state index contributed by atoms with van der Waals surface area (Å²) in [4.78, 5) is 18.2. The van der Waals surface area contributed by atoms with E-state index < -0.39 is 0 Å². The molecule has 1 aliphatic rings. The van der Waals surface area contributed by atoms with Crippen LogP contribution in [-0.4, -0.2) is 28.9 Å². The molecule has 2 rings (SSSR count). The van der Waals surface area contributed by atoms with Crippen molar-refractivity contribution >= 4 is 23.2 Å². The number of rotatable bonds is 1. The van der Waals surface area contributed by atoms with E-state index in [0.29, 0.717) is 27.7 Å². The van der Waals surface area contributed by atoms with Gasteiger partial charge in [0.15, 0.2) is 0 Å². The number of likely N-dealkylation sites (tertiary alicyclic amines) is 1. The topological polar surface area (TPSA) is 59.2 Å². The third-order valence-corrected chi connectivity index (χ3v) is 4.35. The van der Waals surface area contributed by atoms with Gasteiger partial charge in [-0.1, -0.05) is 32.4 Å². The Morgan fingerprint density at radius 2 is 2.00 bits per heavy atom. The Morgan fingerprint density at radius 1 is 1.40 bits per heavy atom. The van der Waals surface area contributed by atoms with E-state index in [-0.39, 0.29) is 5.91 Å².